The van der Waals surface area contributed by atoms with Gasteiger partial charge in [-0.25, -0.2) is 13.2 Å². The van der Waals surface area contributed by atoms with Crippen molar-refractivity contribution >= 4 is 31.5 Å². The summed E-state index contributed by atoms with van der Waals surface area (Å²) >= 11 is 0. The summed E-state index contributed by atoms with van der Waals surface area (Å²) < 4.78 is 22.2. The summed E-state index contributed by atoms with van der Waals surface area (Å²) in [6.45, 7) is 2.28. The Balaban J connectivity index is 1.94. The lowest BCUT2D eigenvalue weighted by atomic mass is 10.2. The molecule has 0 radical (unpaired) electrons. The van der Waals surface area contributed by atoms with Crippen molar-refractivity contribution in [1.29, 1.82) is 0 Å². The number of urea groups is 1. The number of carbonyl (C=O) groups is 1. The van der Waals surface area contributed by atoms with Gasteiger partial charge in [0.05, 0.1) is 4.90 Å². The number of hydrogen-bond acceptors (Lipinski definition) is 4. The van der Waals surface area contributed by atoms with Crippen LogP contribution in [0.1, 0.15) is 11.1 Å². The molecule has 8 heteroatoms. The fourth-order valence-corrected chi connectivity index (χ4v) is 2.50. The van der Waals surface area contributed by atoms with Gasteiger partial charge in [0, 0.05) is 35.3 Å². The zero-order valence-corrected chi connectivity index (χ0v) is 13.3. The van der Waals surface area contributed by atoms with Crippen LogP contribution >= 0.6 is 10.7 Å². The fraction of sp³-hybridized carbons (Fsp3) is 0.143. The van der Waals surface area contributed by atoms with E-state index in [1.165, 1.54) is 24.3 Å². The van der Waals surface area contributed by atoms with Crippen LogP contribution in [-0.4, -0.2) is 19.4 Å². The number of hydrogen-bond donors (Lipinski definition) is 2. The number of halogens is 1. The molecule has 0 aliphatic heterocycles. The van der Waals surface area contributed by atoms with Gasteiger partial charge in [0.15, 0.2) is 0 Å². The summed E-state index contributed by atoms with van der Waals surface area (Å²) in [6.07, 6.45) is 3.38. The minimum atomic E-state index is -3.76. The molecular formula is C14H14ClN3O3S. The summed E-state index contributed by atoms with van der Waals surface area (Å²) in [6, 6.07) is 7.03. The summed E-state index contributed by atoms with van der Waals surface area (Å²) in [5, 5.41) is 5.30. The smallest absolute Gasteiger partial charge is 0.319 e. The standard InChI is InChI=1S/C14H14ClN3O3S/c1-10-6-7-16-8-11(10)9-17-14(19)18-12-2-4-13(5-3-12)22(15,20)21/h2-8H,9H2,1H3,(H2,17,18,19). The minimum absolute atomic E-state index is 0.0221. The van der Waals surface area contributed by atoms with Crippen molar-refractivity contribution in [2.75, 3.05) is 5.32 Å². The molecule has 2 aromatic rings. The number of nitrogens with one attached hydrogen (secondary N) is 2. The highest BCUT2D eigenvalue weighted by atomic mass is 35.7. The van der Waals surface area contributed by atoms with Crippen molar-refractivity contribution in [1.82, 2.24) is 10.3 Å². The number of aryl methyl sites for hydroxylation is 1. The average molecular weight is 340 g/mol. The molecule has 0 aliphatic carbocycles. The SMILES string of the molecule is Cc1ccncc1CNC(=O)Nc1ccc(S(=O)(=O)Cl)cc1. The molecule has 0 atom stereocenters. The lowest BCUT2D eigenvalue weighted by molar-refractivity contribution is 0.251. The first-order chi connectivity index (χ1) is 10.4. The van der Waals surface area contributed by atoms with Crippen LogP contribution < -0.4 is 10.6 Å². The van der Waals surface area contributed by atoms with Gasteiger partial charge in [0.1, 0.15) is 0 Å². The molecule has 116 valence electrons. The molecule has 1 heterocycles. The Morgan fingerprint density at radius 3 is 2.50 bits per heavy atom. The minimum Gasteiger partial charge on any atom is -0.334 e. The third kappa shape index (κ3) is 4.44. The highest BCUT2D eigenvalue weighted by Crippen LogP contribution is 2.17. The van der Waals surface area contributed by atoms with Crippen molar-refractivity contribution < 1.29 is 13.2 Å². The molecule has 0 spiro atoms. The quantitative estimate of drug-likeness (QED) is 0.838. The van der Waals surface area contributed by atoms with E-state index in [0.29, 0.717) is 12.2 Å². The number of rotatable bonds is 4. The lowest BCUT2D eigenvalue weighted by Gasteiger charge is -2.09. The first-order valence-corrected chi connectivity index (χ1v) is 8.66. The van der Waals surface area contributed by atoms with Crippen LogP contribution in [0.25, 0.3) is 0 Å². The zero-order valence-electron chi connectivity index (χ0n) is 11.7. The third-order valence-electron chi connectivity index (χ3n) is 2.98. The molecule has 2 rings (SSSR count). The van der Waals surface area contributed by atoms with Crippen LogP contribution in [0.15, 0.2) is 47.6 Å². The van der Waals surface area contributed by atoms with Gasteiger partial charge in [-0.05, 0) is 48.4 Å². The summed E-state index contributed by atoms with van der Waals surface area (Å²) in [7, 11) is 1.45. The summed E-state index contributed by atoms with van der Waals surface area (Å²) in [4.78, 5) is 15.8. The molecule has 0 fully saturated rings. The molecule has 0 saturated heterocycles. The first-order valence-electron chi connectivity index (χ1n) is 6.35. The molecule has 0 unspecified atom stereocenters. The molecule has 0 aliphatic rings. The van der Waals surface area contributed by atoms with Crippen molar-refractivity contribution in [3.05, 3.63) is 53.9 Å². The normalized spacial score (nSPS) is 11.0. The molecule has 22 heavy (non-hydrogen) atoms. The van der Waals surface area contributed by atoms with Gasteiger partial charge in [0.25, 0.3) is 9.05 Å². The number of anilines is 1. The van der Waals surface area contributed by atoms with E-state index in [1.54, 1.807) is 12.4 Å². The number of carbonyl (C=O) groups excluding carboxylic acids is 1. The van der Waals surface area contributed by atoms with E-state index in [9.17, 15) is 13.2 Å². The van der Waals surface area contributed by atoms with Gasteiger partial charge in [-0.15, -0.1) is 0 Å². The zero-order chi connectivity index (χ0) is 16.2. The van der Waals surface area contributed by atoms with Gasteiger partial charge >= 0.3 is 6.03 Å². The number of nitrogens with zero attached hydrogens (tertiary/aromatic N) is 1. The number of amides is 2. The van der Waals surface area contributed by atoms with Crippen molar-refractivity contribution in [2.24, 2.45) is 0 Å². The monoisotopic (exact) mass is 339 g/mol. The second kappa shape index (κ2) is 6.76. The molecule has 1 aromatic heterocycles. The van der Waals surface area contributed by atoms with Crippen LogP contribution in [-0.2, 0) is 15.6 Å². The van der Waals surface area contributed by atoms with Crippen molar-refractivity contribution in [2.45, 2.75) is 18.4 Å². The Hall–Kier alpha value is -2.12. The van der Waals surface area contributed by atoms with Gasteiger partial charge in [-0.2, -0.15) is 0 Å². The molecule has 0 bridgehead atoms. The largest absolute Gasteiger partial charge is 0.334 e. The molecule has 2 N–H and O–H groups in total. The van der Waals surface area contributed by atoms with Crippen LogP contribution in [0, 0.1) is 6.92 Å². The summed E-state index contributed by atoms with van der Waals surface area (Å²) in [5.74, 6) is 0. The van der Waals surface area contributed by atoms with Gasteiger partial charge in [0.2, 0.25) is 0 Å². The van der Waals surface area contributed by atoms with E-state index in [-0.39, 0.29) is 4.90 Å². The summed E-state index contributed by atoms with van der Waals surface area (Å²) in [5.41, 5.74) is 2.41. The van der Waals surface area contributed by atoms with Gasteiger partial charge < -0.3 is 10.6 Å². The topological polar surface area (TPSA) is 88.2 Å². The van der Waals surface area contributed by atoms with Crippen LogP contribution in [0.4, 0.5) is 10.5 Å². The van der Waals surface area contributed by atoms with Gasteiger partial charge in [-0.3, -0.25) is 4.98 Å². The Morgan fingerprint density at radius 2 is 1.91 bits per heavy atom. The molecule has 6 nitrogen and oxygen atoms in total. The van der Waals surface area contributed by atoms with Crippen LogP contribution in [0.2, 0.25) is 0 Å². The fourth-order valence-electron chi connectivity index (χ4n) is 1.73. The maximum Gasteiger partial charge on any atom is 0.319 e. The maximum absolute atomic E-state index is 11.8. The maximum atomic E-state index is 11.8. The van der Waals surface area contributed by atoms with Crippen molar-refractivity contribution in [3.8, 4) is 0 Å². The van der Waals surface area contributed by atoms with E-state index in [4.69, 9.17) is 10.7 Å². The van der Waals surface area contributed by atoms with E-state index in [1.807, 2.05) is 13.0 Å². The van der Waals surface area contributed by atoms with Gasteiger partial charge in [-0.1, -0.05) is 0 Å². The van der Waals surface area contributed by atoms with Crippen LogP contribution in [0.3, 0.4) is 0 Å². The third-order valence-corrected chi connectivity index (χ3v) is 4.35. The van der Waals surface area contributed by atoms with Crippen LogP contribution in [0.5, 0.6) is 0 Å². The highest BCUT2D eigenvalue weighted by Gasteiger charge is 2.09. The molecule has 1 aromatic carbocycles. The Bertz CT molecular complexity index is 776. The molecule has 0 saturated carbocycles. The average Bonchev–Trinajstić information content (AvgIpc) is 2.46. The Kier molecular flexibility index (Phi) is 4.99. The predicted molar refractivity (Wildman–Crippen MR) is 84.3 cm³/mol. The van der Waals surface area contributed by atoms with E-state index < -0.39 is 15.1 Å². The lowest BCUT2D eigenvalue weighted by Crippen LogP contribution is -2.28. The number of aromatic nitrogens is 1. The first kappa shape index (κ1) is 16.3. The number of pyridine rings is 1. The van der Waals surface area contributed by atoms with Crippen molar-refractivity contribution in [3.63, 3.8) is 0 Å². The van der Waals surface area contributed by atoms with E-state index in [2.05, 4.69) is 15.6 Å². The van der Waals surface area contributed by atoms with E-state index in [0.717, 1.165) is 11.1 Å². The predicted octanol–water partition coefficient (Wildman–Crippen LogP) is 2.64. The van der Waals surface area contributed by atoms with E-state index >= 15 is 0 Å². The number of benzene rings is 1. The highest BCUT2D eigenvalue weighted by molar-refractivity contribution is 8.13. The molecular weight excluding hydrogens is 326 g/mol. The second-order valence-electron chi connectivity index (χ2n) is 4.57. The second-order valence-corrected chi connectivity index (χ2v) is 7.14. The Morgan fingerprint density at radius 1 is 1.23 bits per heavy atom. The molecule has 2 amide bonds. The Labute approximate surface area is 132 Å².